The monoisotopic (exact) mass is 422 g/mol. The number of aryl methyl sites for hydroxylation is 1. The van der Waals surface area contributed by atoms with Crippen molar-refractivity contribution in [1.29, 1.82) is 0 Å². The van der Waals surface area contributed by atoms with Gasteiger partial charge in [-0.15, -0.1) is 0 Å². The SMILES string of the molecule is Cc1ccc(-c2cccc(C3=Nc4ccc(-c5ccccc5F)cc4NC(=O)C3)c2)nn1. The van der Waals surface area contributed by atoms with Crippen molar-refractivity contribution in [2.75, 3.05) is 5.32 Å². The van der Waals surface area contributed by atoms with Crippen molar-refractivity contribution in [3.05, 3.63) is 95.9 Å². The minimum Gasteiger partial charge on any atom is -0.324 e. The maximum absolute atomic E-state index is 14.2. The Hall–Kier alpha value is -4.19. The maximum Gasteiger partial charge on any atom is 0.230 e. The molecule has 1 aromatic heterocycles. The van der Waals surface area contributed by atoms with Crippen molar-refractivity contribution in [2.24, 2.45) is 4.99 Å². The summed E-state index contributed by atoms with van der Waals surface area (Å²) in [5, 5.41) is 11.3. The highest BCUT2D eigenvalue weighted by atomic mass is 19.1. The summed E-state index contributed by atoms with van der Waals surface area (Å²) in [5.74, 6) is -0.485. The Kier molecular flexibility index (Phi) is 5.03. The van der Waals surface area contributed by atoms with Crippen molar-refractivity contribution in [1.82, 2.24) is 10.2 Å². The number of aromatic nitrogens is 2. The van der Waals surface area contributed by atoms with Gasteiger partial charge in [-0.3, -0.25) is 9.79 Å². The fraction of sp³-hybridized carbons (Fsp3) is 0.0769. The zero-order chi connectivity index (χ0) is 22.1. The van der Waals surface area contributed by atoms with Crippen LogP contribution in [0.5, 0.6) is 0 Å². The topological polar surface area (TPSA) is 67.2 Å². The van der Waals surface area contributed by atoms with Crippen molar-refractivity contribution in [3.63, 3.8) is 0 Å². The Morgan fingerprint density at radius 1 is 0.844 bits per heavy atom. The van der Waals surface area contributed by atoms with E-state index in [9.17, 15) is 9.18 Å². The van der Waals surface area contributed by atoms with Crippen LogP contribution in [-0.4, -0.2) is 21.8 Å². The maximum atomic E-state index is 14.2. The Balaban J connectivity index is 1.54. The zero-order valence-electron chi connectivity index (χ0n) is 17.3. The van der Waals surface area contributed by atoms with Crippen LogP contribution in [0.2, 0.25) is 0 Å². The summed E-state index contributed by atoms with van der Waals surface area (Å²) < 4.78 is 14.2. The van der Waals surface area contributed by atoms with Gasteiger partial charge in [0.15, 0.2) is 0 Å². The molecule has 6 heteroatoms. The molecule has 3 aromatic carbocycles. The molecule has 0 saturated heterocycles. The summed E-state index contributed by atoms with van der Waals surface area (Å²) in [7, 11) is 0. The number of benzene rings is 3. The summed E-state index contributed by atoms with van der Waals surface area (Å²) >= 11 is 0. The molecule has 0 radical (unpaired) electrons. The Morgan fingerprint density at radius 3 is 2.50 bits per heavy atom. The second-order valence-corrected chi connectivity index (χ2v) is 7.64. The number of fused-ring (bicyclic) bond motifs is 1. The third kappa shape index (κ3) is 3.90. The lowest BCUT2D eigenvalue weighted by Crippen LogP contribution is -2.15. The van der Waals surface area contributed by atoms with E-state index >= 15 is 0 Å². The molecule has 0 atom stereocenters. The highest BCUT2D eigenvalue weighted by Crippen LogP contribution is 2.34. The molecule has 1 amide bonds. The molecular formula is C26H19FN4O. The first-order chi connectivity index (χ1) is 15.6. The summed E-state index contributed by atoms with van der Waals surface area (Å²) in [6.07, 6.45) is 0.132. The van der Waals surface area contributed by atoms with Crippen LogP contribution in [0.1, 0.15) is 17.7 Å². The van der Waals surface area contributed by atoms with Gasteiger partial charge in [0, 0.05) is 11.1 Å². The van der Waals surface area contributed by atoms with Gasteiger partial charge in [0.25, 0.3) is 0 Å². The predicted molar refractivity (Wildman–Crippen MR) is 123 cm³/mol. The number of carbonyl (C=O) groups excluding carboxylic acids is 1. The van der Waals surface area contributed by atoms with Gasteiger partial charge >= 0.3 is 0 Å². The molecule has 4 aromatic rings. The molecule has 0 unspecified atom stereocenters. The van der Waals surface area contributed by atoms with Crippen LogP contribution < -0.4 is 5.32 Å². The van der Waals surface area contributed by atoms with Crippen LogP contribution in [0.4, 0.5) is 15.8 Å². The van der Waals surface area contributed by atoms with E-state index in [1.165, 1.54) is 6.07 Å². The van der Waals surface area contributed by atoms with E-state index < -0.39 is 0 Å². The van der Waals surface area contributed by atoms with Gasteiger partial charge in [0.2, 0.25) is 5.91 Å². The molecule has 5 nitrogen and oxygen atoms in total. The van der Waals surface area contributed by atoms with Crippen LogP contribution >= 0.6 is 0 Å². The van der Waals surface area contributed by atoms with Crippen LogP contribution in [-0.2, 0) is 4.79 Å². The van der Waals surface area contributed by atoms with Crippen molar-refractivity contribution >= 4 is 23.0 Å². The largest absolute Gasteiger partial charge is 0.324 e. The van der Waals surface area contributed by atoms with Crippen molar-refractivity contribution < 1.29 is 9.18 Å². The lowest BCUT2D eigenvalue weighted by atomic mass is 10.0. The highest BCUT2D eigenvalue weighted by Gasteiger charge is 2.19. The minimum atomic E-state index is -0.312. The standard InChI is InChI=1S/C26H19FN4O/c1-16-9-11-22(31-30-16)18-5-4-6-19(13-18)24-15-26(32)29-25-14-17(10-12-23(25)28-24)20-7-2-3-8-21(20)27/h2-14H,15H2,1H3,(H,29,32). The number of hydrogen-bond acceptors (Lipinski definition) is 4. The fourth-order valence-corrected chi connectivity index (χ4v) is 3.71. The Labute approximate surface area is 184 Å². The fourth-order valence-electron chi connectivity index (χ4n) is 3.71. The number of nitrogens with one attached hydrogen (secondary N) is 1. The van der Waals surface area contributed by atoms with Gasteiger partial charge in [-0.2, -0.15) is 10.2 Å². The first kappa shape index (κ1) is 19.8. The zero-order valence-corrected chi connectivity index (χ0v) is 17.3. The lowest BCUT2D eigenvalue weighted by molar-refractivity contribution is -0.115. The molecule has 5 rings (SSSR count). The number of hydrogen-bond donors (Lipinski definition) is 1. The second-order valence-electron chi connectivity index (χ2n) is 7.64. The van der Waals surface area contributed by atoms with E-state index in [0.29, 0.717) is 28.2 Å². The third-order valence-corrected chi connectivity index (χ3v) is 5.33. The van der Waals surface area contributed by atoms with Crippen LogP contribution in [0.25, 0.3) is 22.4 Å². The van der Waals surface area contributed by atoms with Gasteiger partial charge in [0.1, 0.15) is 5.82 Å². The average Bonchev–Trinajstić information content (AvgIpc) is 2.97. The number of nitrogens with zero attached hydrogens (tertiary/aromatic N) is 3. The Bertz CT molecular complexity index is 1360. The number of halogens is 1. The number of aliphatic imine (C=N–C) groups is 1. The van der Waals surface area contributed by atoms with Crippen molar-refractivity contribution in [2.45, 2.75) is 13.3 Å². The lowest BCUT2D eigenvalue weighted by Gasteiger charge is -2.09. The number of amides is 1. The molecule has 1 aliphatic heterocycles. The summed E-state index contributed by atoms with van der Waals surface area (Å²) in [6.45, 7) is 1.89. The van der Waals surface area contributed by atoms with E-state index in [0.717, 1.165) is 22.5 Å². The third-order valence-electron chi connectivity index (χ3n) is 5.33. The molecule has 0 aliphatic carbocycles. The summed E-state index contributed by atoms with van der Waals surface area (Å²) in [4.78, 5) is 17.4. The normalized spacial score (nSPS) is 13.1. The van der Waals surface area contributed by atoms with Gasteiger partial charge in [0.05, 0.1) is 34.9 Å². The summed E-state index contributed by atoms with van der Waals surface area (Å²) in [5.41, 5.74) is 6.35. The smallest absolute Gasteiger partial charge is 0.230 e. The molecule has 0 spiro atoms. The van der Waals surface area contributed by atoms with Gasteiger partial charge in [-0.25, -0.2) is 4.39 Å². The molecular weight excluding hydrogens is 403 g/mol. The number of rotatable bonds is 3. The van der Waals surface area contributed by atoms with Crippen molar-refractivity contribution in [3.8, 4) is 22.4 Å². The molecule has 2 heterocycles. The van der Waals surface area contributed by atoms with E-state index in [4.69, 9.17) is 4.99 Å². The number of carbonyl (C=O) groups is 1. The Morgan fingerprint density at radius 2 is 1.69 bits per heavy atom. The van der Waals surface area contributed by atoms with Crippen LogP contribution in [0.3, 0.4) is 0 Å². The highest BCUT2D eigenvalue weighted by molar-refractivity contribution is 6.17. The minimum absolute atomic E-state index is 0.132. The molecule has 1 aliphatic rings. The molecule has 0 fully saturated rings. The molecule has 156 valence electrons. The average molecular weight is 422 g/mol. The van der Waals surface area contributed by atoms with E-state index in [1.54, 1.807) is 30.3 Å². The van der Waals surface area contributed by atoms with Gasteiger partial charge in [-0.05, 0) is 54.4 Å². The molecule has 0 bridgehead atoms. The van der Waals surface area contributed by atoms with Gasteiger partial charge < -0.3 is 5.32 Å². The molecule has 1 N–H and O–H groups in total. The van der Waals surface area contributed by atoms with Gasteiger partial charge in [-0.1, -0.05) is 42.5 Å². The van der Waals surface area contributed by atoms with Crippen LogP contribution in [0, 0.1) is 12.7 Å². The first-order valence-corrected chi connectivity index (χ1v) is 10.2. The number of anilines is 1. The van der Waals surface area contributed by atoms with E-state index in [1.807, 2.05) is 49.4 Å². The first-order valence-electron chi connectivity index (χ1n) is 10.2. The predicted octanol–water partition coefficient (Wildman–Crippen LogP) is 5.72. The second kappa shape index (κ2) is 8.15. The quantitative estimate of drug-likeness (QED) is 0.459. The molecule has 0 saturated carbocycles. The van der Waals surface area contributed by atoms with E-state index in [2.05, 4.69) is 15.5 Å². The van der Waals surface area contributed by atoms with E-state index in [-0.39, 0.29) is 18.1 Å². The summed E-state index contributed by atoms with van der Waals surface area (Å²) in [6, 6.07) is 23.5. The molecule has 32 heavy (non-hydrogen) atoms. The van der Waals surface area contributed by atoms with Crippen LogP contribution in [0.15, 0.2) is 83.9 Å².